The highest BCUT2D eigenvalue weighted by molar-refractivity contribution is 5.83. The van der Waals surface area contributed by atoms with Crippen molar-refractivity contribution in [1.82, 2.24) is 0 Å². The van der Waals surface area contributed by atoms with E-state index in [1.807, 2.05) is 42.5 Å². The van der Waals surface area contributed by atoms with E-state index in [2.05, 4.69) is 42.5 Å². The van der Waals surface area contributed by atoms with Gasteiger partial charge < -0.3 is 4.74 Å². The van der Waals surface area contributed by atoms with Gasteiger partial charge in [-0.05, 0) is 34.5 Å². The fourth-order valence-electron chi connectivity index (χ4n) is 2.15. The van der Waals surface area contributed by atoms with Crippen molar-refractivity contribution in [3.63, 3.8) is 0 Å². The Morgan fingerprint density at radius 3 is 2.35 bits per heavy atom. The molecule has 0 radical (unpaired) electrons. The number of ether oxygens (including phenoxy) is 1. The molecule has 0 bridgehead atoms. The fraction of sp³-hybridized carbons (Fsp3) is 0.0526. The second-order valence-electron chi connectivity index (χ2n) is 4.63. The molecule has 3 aromatic carbocycles. The van der Waals surface area contributed by atoms with Crippen molar-refractivity contribution in [2.45, 2.75) is 0 Å². The first-order valence-corrected chi connectivity index (χ1v) is 6.75. The van der Waals surface area contributed by atoms with Crippen molar-refractivity contribution in [2.24, 2.45) is 0 Å². The number of rotatable bonds is 4. The van der Waals surface area contributed by atoms with Gasteiger partial charge in [-0.1, -0.05) is 66.7 Å². The number of benzene rings is 3. The molecular formula is C19H16O. The Bertz CT molecular complexity index is 714. The maximum Gasteiger partial charge on any atom is 0.120 e. The van der Waals surface area contributed by atoms with Gasteiger partial charge in [-0.25, -0.2) is 0 Å². The Balaban J connectivity index is 1.64. The van der Waals surface area contributed by atoms with Crippen LogP contribution in [0.2, 0.25) is 0 Å². The number of fused-ring (bicyclic) bond motifs is 1. The molecule has 0 aliphatic rings. The zero-order valence-corrected chi connectivity index (χ0v) is 11.2. The van der Waals surface area contributed by atoms with Gasteiger partial charge in [0.25, 0.3) is 0 Å². The highest BCUT2D eigenvalue weighted by Crippen LogP contribution is 2.20. The van der Waals surface area contributed by atoms with Crippen LogP contribution in [0.4, 0.5) is 0 Å². The third-order valence-electron chi connectivity index (χ3n) is 3.18. The largest absolute Gasteiger partial charge is 0.490 e. The van der Waals surface area contributed by atoms with E-state index in [-0.39, 0.29) is 0 Å². The first-order chi connectivity index (χ1) is 9.92. The highest BCUT2D eigenvalue weighted by atomic mass is 16.5. The molecule has 0 aliphatic carbocycles. The summed E-state index contributed by atoms with van der Waals surface area (Å²) in [7, 11) is 0. The molecule has 1 nitrogen and oxygen atoms in total. The smallest absolute Gasteiger partial charge is 0.120 e. The van der Waals surface area contributed by atoms with Crippen LogP contribution in [0.25, 0.3) is 16.8 Å². The Kier molecular flexibility index (Phi) is 3.79. The summed E-state index contributed by atoms with van der Waals surface area (Å²) in [5, 5.41) is 2.44. The lowest BCUT2D eigenvalue weighted by Gasteiger charge is -2.04. The average Bonchev–Trinajstić information content (AvgIpc) is 2.52. The van der Waals surface area contributed by atoms with E-state index in [1.165, 1.54) is 16.3 Å². The van der Waals surface area contributed by atoms with Gasteiger partial charge in [0.15, 0.2) is 0 Å². The van der Waals surface area contributed by atoms with E-state index in [1.54, 1.807) is 0 Å². The zero-order chi connectivity index (χ0) is 13.6. The average molecular weight is 260 g/mol. The van der Waals surface area contributed by atoms with E-state index in [0.29, 0.717) is 6.61 Å². The summed E-state index contributed by atoms with van der Waals surface area (Å²) in [5.41, 5.74) is 1.19. The van der Waals surface area contributed by atoms with Crippen LogP contribution < -0.4 is 4.74 Å². The Labute approximate surface area is 119 Å². The van der Waals surface area contributed by atoms with Gasteiger partial charge in [0, 0.05) is 0 Å². The molecule has 20 heavy (non-hydrogen) atoms. The third-order valence-corrected chi connectivity index (χ3v) is 3.18. The molecule has 0 aromatic heterocycles. The lowest BCUT2D eigenvalue weighted by atomic mass is 10.1. The van der Waals surface area contributed by atoms with Gasteiger partial charge >= 0.3 is 0 Å². The first-order valence-electron chi connectivity index (χ1n) is 6.75. The normalized spacial score (nSPS) is 11.0. The van der Waals surface area contributed by atoms with E-state index < -0.39 is 0 Å². The lowest BCUT2D eigenvalue weighted by molar-refractivity contribution is 0.364. The molecule has 3 rings (SSSR count). The molecule has 0 amide bonds. The van der Waals surface area contributed by atoms with Crippen LogP contribution >= 0.6 is 0 Å². The van der Waals surface area contributed by atoms with Gasteiger partial charge in [-0.3, -0.25) is 0 Å². The first kappa shape index (κ1) is 12.5. The van der Waals surface area contributed by atoms with Crippen molar-refractivity contribution >= 4 is 16.8 Å². The molecule has 3 aromatic rings. The van der Waals surface area contributed by atoms with Crippen molar-refractivity contribution in [3.05, 3.63) is 84.4 Å². The van der Waals surface area contributed by atoms with Gasteiger partial charge in [0.2, 0.25) is 0 Å². The van der Waals surface area contributed by atoms with Crippen LogP contribution in [0.1, 0.15) is 5.56 Å². The molecule has 0 saturated heterocycles. The van der Waals surface area contributed by atoms with Gasteiger partial charge in [-0.15, -0.1) is 0 Å². The van der Waals surface area contributed by atoms with Crippen LogP contribution in [0.3, 0.4) is 0 Å². The van der Waals surface area contributed by atoms with Crippen LogP contribution in [0.5, 0.6) is 5.75 Å². The van der Waals surface area contributed by atoms with Crippen LogP contribution in [-0.4, -0.2) is 6.61 Å². The van der Waals surface area contributed by atoms with E-state index in [9.17, 15) is 0 Å². The topological polar surface area (TPSA) is 9.23 Å². The molecule has 0 unspecified atom stereocenters. The second-order valence-corrected chi connectivity index (χ2v) is 4.63. The molecule has 0 heterocycles. The van der Waals surface area contributed by atoms with Crippen molar-refractivity contribution in [2.75, 3.05) is 6.61 Å². The van der Waals surface area contributed by atoms with Crippen LogP contribution in [0.15, 0.2) is 78.9 Å². The highest BCUT2D eigenvalue weighted by Gasteiger charge is 1.95. The Morgan fingerprint density at radius 1 is 0.750 bits per heavy atom. The molecule has 1 heteroatoms. The van der Waals surface area contributed by atoms with Crippen molar-refractivity contribution in [3.8, 4) is 5.75 Å². The van der Waals surface area contributed by atoms with Crippen molar-refractivity contribution < 1.29 is 4.74 Å². The summed E-state index contributed by atoms with van der Waals surface area (Å²) >= 11 is 0. The molecule has 0 saturated carbocycles. The minimum absolute atomic E-state index is 0.577. The summed E-state index contributed by atoms with van der Waals surface area (Å²) in [4.78, 5) is 0. The van der Waals surface area contributed by atoms with E-state index in [0.717, 1.165) is 5.75 Å². The Morgan fingerprint density at radius 2 is 1.50 bits per heavy atom. The molecule has 0 aliphatic heterocycles. The summed E-state index contributed by atoms with van der Waals surface area (Å²) in [6, 6.07) is 24.7. The summed E-state index contributed by atoms with van der Waals surface area (Å²) in [5.74, 6) is 0.904. The predicted octanol–water partition coefficient (Wildman–Crippen LogP) is 4.93. The van der Waals surface area contributed by atoms with Gasteiger partial charge in [-0.2, -0.15) is 0 Å². The lowest BCUT2D eigenvalue weighted by Crippen LogP contribution is -1.92. The minimum Gasteiger partial charge on any atom is -0.490 e. The fourth-order valence-corrected chi connectivity index (χ4v) is 2.15. The monoisotopic (exact) mass is 260 g/mol. The molecular weight excluding hydrogens is 244 g/mol. The molecule has 0 fully saturated rings. The van der Waals surface area contributed by atoms with Gasteiger partial charge in [0.1, 0.15) is 12.4 Å². The standard InChI is InChI=1S/C19H16O/c1-2-7-16(8-3-1)9-6-14-20-19-13-12-17-10-4-5-11-18(17)15-19/h1-13,15H,14H2. The molecule has 0 atom stereocenters. The minimum atomic E-state index is 0.577. The van der Waals surface area contributed by atoms with E-state index >= 15 is 0 Å². The number of hydrogen-bond donors (Lipinski definition) is 0. The van der Waals surface area contributed by atoms with Crippen LogP contribution in [0, 0.1) is 0 Å². The maximum absolute atomic E-state index is 5.75. The van der Waals surface area contributed by atoms with Crippen LogP contribution in [-0.2, 0) is 0 Å². The van der Waals surface area contributed by atoms with E-state index in [4.69, 9.17) is 4.74 Å². The summed E-state index contributed by atoms with van der Waals surface area (Å²) in [6.07, 6.45) is 4.10. The summed E-state index contributed by atoms with van der Waals surface area (Å²) < 4.78 is 5.75. The zero-order valence-electron chi connectivity index (χ0n) is 11.2. The maximum atomic E-state index is 5.75. The molecule has 0 N–H and O–H groups in total. The summed E-state index contributed by atoms with van der Waals surface area (Å²) in [6.45, 7) is 0.577. The Hall–Kier alpha value is -2.54. The third kappa shape index (κ3) is 3.07. The van der Waals surface area contributed by atoms with Gasteiger partial charge in [0.05, 0.1) is 0 Å². The van der Waals surface area contributed by atoms with Crippen molar-refractivity contribution in [1.29, 1.82) is 0 Å². The number of hydrogen-bond acceptors (Lipinski definition) is 1. The SMILES string of the molecule is C(=Cc1ccccc1)COc1ccc2ccccc2c1. The molecule has 0 spiro atoms. The molecule has 98 valence electrons. The quantitative estimate of drug-likeness (QED) is 0.646. The second kappa shape index (κ2) is 6.07. The predicted molar refractivity (Wildman–Crippen MR) is 84.9 cm³/mol.